The van der Waals surface area contributed by atoms with Crippen LogP contribution >= 0.6 is 0 Å². The number of sulfonamides is 1. The van der Waals surface area contributed by atoms with Crippen LogP contribution in [0.3, 0.4) is 0 Å². The molecule has 2 rings (SSSR count). The van der Waals surface area contributed by atoms with Crippen molar-refractivity contribution in [3.8, 4) is 5.75 Å². The first kappa shape index (κ1) is 19.8. The lowest BCUT2D eigenvalue weighted by atomic mass is 10.2. The Morgan fingerprint density at radius 2 is 1.69 bits per heavy atom. The van der Waals surface area contributed by atoms with Crippen molar-refractivity contribution >= 4 is 16.0 Å². The van der Waals surface area contributed by atoms with Gasteiger partial charge in [-0.2, -0.15) is 13.1 Å². The summed E-state index contributed by atoms with van der Waals surface area (Å²) in [5, 5.41) is 0. The number of carbonyl (C=O) groups is 1. The van der Waals surface area contributed by atoms with Crippen molar-refractivity contribution in [1.82, 2.24) is 4.31 Å². The molecule has 0 heterocycles. The molecule has 0 aliphatic rings. The smallest absolute Gasteiger partial charge is 0.387 e. The normalized spacial score (nSPS) is 11.6. The van der Waals surface area contributed by atoms with Crippen LogP contribution in [0, 0.1) is 0 Å². The second kappa shape index (κ2) is 8.72. The van der Waals surface area contributed by atoms with Crippen molar-refractivity contribution in [2.45, 2.75) is 18.1 Å². The Labute approximate surface area is 150 Å². The minimum Gasteiger partial charge on any atom is -0.468 e. The maximum atomic E-state index is 13.0. The molecule has 140 valence electrons. The van der Waals surface area contributed by atoms with Gasteiger partial charge in [0.15, 0.2) is 0 Å². The summed E-state index contributed by atoms with van der Waals surface area (Å²) >= 11 is 0. The van der Waals surface area contributed by atoms with E-state index in [1.165, 1.54) is 12.1 Å². The van der Waals surface area contributed by atoms with Crippen LogP contribution in [-0.2, 0) is 26.1 Å². The third-order valence-electron chi connectivity index (χ3n) is 3.42. The monoisotopic (exact) mass is 385 g/mol. The Morgan fingerprint density at radius 1 is 1.08 bits per heavy atom. The largest absolute Gasteiger partial charge is 0.468 e. The van der Waals surface area contributed by atoms with Crippen LogP contribution in [0.1, 0.15) is 5.56 Å². The second-order valence-electron chi connectivity index (χ2n) is 5.16. The highest BCUT2D eigenvalue weighted by molar-refractivity contribution is 7.89. The van der Waals surface area contributed by atoms with Crippen molar-refractivity contribution in [2.24, 2.45) is 0 Å². The molecule has 0 amide bonds. The van der Waals surface area contributed by atoms with E-state index in [0.29, 0.717) is 5.56 Å². The maximum absolute atomic E-state index is 13.0. The van der Waals surface area contributed by atoms with E-state index in [1.807, 2.05) is 0 Å². The molecule has 0 saturated heterocycles. The van der Waals surface area contributed by atoms with Gasteiger partial charge in [-0.1, -0.05) is 42.5 Å². The van der Waals surface area contributed by atoms with Gasteiger partial charge in [-0.05, 0) is 17.7 Å². The lowest BCUT2D eigenvalue weighted by Gasteiger charge is -2.22. The first-order chi connectivity index (χ1) is 12.3. The Bertz CT molecular complexity index is 843. The van der Waals surface area contributed by atoms with Crippen LogP contribution in [0.5, 0.6) is 5.75 Å². The van der Waals surface area contributed by atoms with Crippen LogP contribution in [-0.4, -0.2) is 39.0 Å². The first-order valence-electron chi connectivity index (χ1n) is 7.49. The number of nitrogens with zero attached hydrogens (tertiary/aromatic N) is 1. The maximum Gasteiger partial charge on any atom is 0.387 e. The molecule has 0 saturated carbocycles. The third kappa shape index (κ3) is 4.99. The highest BCUT2D eigenvalue weighted by atomic mass is 32.2. The number of hydrogen-bond acceptors (Lipinski definition) is 5. The number of halogens is 2. The molecule has 0 radical (unpaired) electrons. The predicted octanol–water partition coefficient (Wildman–Crippen LogP) is 2.65. The summed E-state index contributed by atoms with van der Waals surface area (Å²) in [6, 6.07) is 13.6. The van der Waals surface area contributed by atoms with Gasteiger partial charge < -0.3 is 9.47 Å². The fourth-order valence-corrected chi connectivity index (χ4v) is 3.71. The van der Waals surface area contributed by atoms with E-state index in [0.717, 1.165) is 23.5 Å². The van der Waals surface area contributed by atoms with E-state index in [2.05, 4.69) is 9.47 Å². The molecule has 6 nitrogen and oxygen atoms in total. The quantitative estimate of drug-likeness (QED) is 0.653. The standard InChI is InChI=1S/C17H17F2NO5S/c1-24-16(21)12-20(11-13-7-3-2-4-8-13)26(22,23)15-10-6-5-9-14(15)25-17(18)19/h2-10,17H,11-12H2,1H3. The van der Waals surface area contributed by atoms with Gasteiger partial charge in [-0.25, -0.2) is 8.42 Å². The van der Waals surface area contributed by atoms with Crippen LogP contribution in [0.2, 0.25) is 0 Å². The molecular formula is C17H17F2NO5S. The highest BCUT2D eigenvalue weighted by Gasteiger charge is 2.30. The van der Waals surface area contributed by atoms with Gasteiger partial charge in [-0.3, -0.25) is 4.79 Å². The summed E-state index contributed by atoms with van der Waals surface area (Å²) in [5.41, 5.74) is 0.618. The SMILES string of the molecule is COC(=O)CN(Cc1ccccc1)S(=O)(=O)c1ccccc1OC(F)F. The summed E-state index contributed by atoms with van der Waals surface area (Å²) < 4.78 is 60.9. The van der Waals surface area contributed by atoms with Gasteiger partial charge in [0.2, 0.25) is 10.0 Å². The summed E-state index contributed by atoms with van der Waals surface area (Å²) in [5.74, 6) is -1.28. The Morgan fingerprint density at radius 3 is 2.31 bits per heavy atom. The van der Waals surface area contributed by atoms with Crippen LogP contribution in [0.4, 0.5) is 8.78 Å². The number of benzene rings is 2. The van der Waals surface area contributed by atoms with Crippen molar-refractivity contribution in [3.05, 3.63) is 60.2 Å². The van der Waals surface area contributed by atoms with Crippen molar-refractivity contribution < 1.29 is 31.5 Å². The molecule has 0 aromatic heterocycles. The highest BCUT2D eigenvalue weighted by Crippen LogP contribution is 2.28. The van der Waals surface area contributed by atoms with E-state index in [-0.39, 0.29) is 6.54 Å². The number of para-hydroxylation sites is 1. The second-order valence-corrected chi connectivity index (χ2v) is 7.07. The molecule has 2 aromatic rings. The molecule has 0 fully saturated rings. The van der Waals surface area contributed by atoms with E-state index in [4.69, 9.17) is 0 Å². The molecule has 0 atom stereocenters. The Hall–Kier alpha value is -2.52. The molecular weight excluding hydrogens is 368 g/mol. The summed E-state index contributed by atoms with van der Waals surface area (Å²) in [4.78, 5) is 11.2. The summed E-state index contributed by atoms with van der Waals surface area (Å²) in [7, 11) is -3.18. The molecule has 0 aliphatic carbocycles. The average molecular weight is 385 g/mol. The number of ether oxygens (including phenoxy) is 2. The topological polar surface area (TPSA) is 72.9 Å². The molecule has 0 spiro atoms. The third-order valence-corrected chi connectivity index (χ3v) is 5.25. The first-order valence-corrected chi connectivity index (χ1v) is 8.93. The Balaban J connectivity index is 2.43. The summed E-state index contributed by atoms with van der Waals surface area (Å²) in [6.07, 6.45) is 0. The molecule has 9 heteroatoms. The molecule has 0 N–H and O–H groups in total. The van der Waals surface area contributed by atoms with Gasteiger partial charge in [-0.15, -0.1) is 0 Å². The predicted molar refractivity (Wildman–Crippen MR) is 89.1 cm³/mol. The number of methoxy groups -OCH3 is 1. The number of carbonyl (C=O) groups excluding carboxylic acids is 1. The number of esters is 1. The molecule has 2 aromatic carbocycles. The van der Waals surface area contributed by atoms with Gasteiger partial charge in [0.05, 0.1) is 7.11 Å². The van der Waals surface area contributed by atoms with Crippen LogP contribution < -0.4 is 4.74 Å². The van der Waals surface area contributed by atoms with E-state index in [1.54, 1.807) is 30.3 Å². The molecule has 0 bridgehead atoms. The number of rotatable bonds is 8. The zero-order valence-corrected chi connectivity index (χ0v) is 14.7. The zero-order chi connectivity index (χ0) is 19.2. The molecule has 26 heavy (non-hydrogen) atoms. The van der Waals surface area contributed by atoms with E-state index < -0.39 is 39.8 Å². The average Bonchev–Trinajstić information content (AvgIpc) is 2.61. The summed E-state index contributed by atoms with van der Waals surface area (Å²) in [6.45, 7) is -3.90. The van der Waals surface area contributed by atoms with E-state index >= 15 is 0 Å². The van der Waals surface area contributed by atoms with Gasteiger partial charge >= 0.3 is 12.6 Å². The molecule has 0 unspecified atom stereocenters. The Kier molecular flexibility index (Phi) is 6.64. The lowest BCUT2D eigenvalue weighted by molar-refractivity contribution is -0.140. The van der Waals surface area contributed by atoms with Crippen molar-refractivity contribution in [1.29, 1.82) is 0 Å². The van der Waals surface area contributed by atoms with Gasteiger partial charge in [0.1, 0.15) is 17.2 Å². The van der Waals surface area contributed by atoms with E-state index in [9.17, 15) is 22.0 Å². The van der Waals surface area contributed by atoms with Crippen molar-refractivity contribution in [2.75, 3.05) is 13.7 Å². The number of alkyl halides is 2. The van der Waals surface area contributed by atoms with Crippen molar-refractivity contribution in [3.63, 3.8) is 0 Å². The fraction of sp³-hybridized carbons (Fsp3) is 0.235. The minimum absolute atomic E-state index is 0.138. The minimum atomic E-state index is -4.31. The van der Waals surface area contributed by atoms with Gasteiger partial charge in [0, 0.05) is 6.54 Å². The fourth-order valence-electron chi connectivity index (χ4n) is 2.22. The van der Waals surface area contributed by atoms with Crippen LogP contribution in [0.15, 0.2) is 59.5 Å². The number of hydrogen-bond donors (Lipinski definition) is 0. The van der Waals surface area contributed by atoms with Crippen LogP contribution in [0.25, 0.3) is 0 Å². The lowest BCUT2D eigenvalue weighted by Crippen LogP contribution is -2.36. The molecule has 0 aliphatic heterocycles. The van der Waals surface area contributed by atoms with Gasteiger partial charge in [0.25, 0.3) is 0 Å². The zero-order valence-electron chi connectivity index (χ0n) is 13.8.